The highest BCUT2D eigenvalue weighted by atomic mass is 16.4. The second-order valence-corrected chi connectivity index (χ2v) is 5.63. The Morgan fingerprint density at radius 1 is 1.04 bits per heavy atom. The number of aromatic carboxylic acids is 1. The molecule has 4 rings (SSSR count). The lowest BCUT2D eigenvalue weighted by Crippen LogP contribution is -2.22. The summed E-state index contributed by atoms with van der Waals surface area (Å²) in [5.74, 6) is -0.398. The normalized spacial score (nSPS) is 14.4. The first-order valence-electron chi connectivity index (χ1n) is 7.66. The number of rotatable bonds is 3. The minimum Gasteiger partial charge on any atom is -0.545 e. The van der Waals surface area contributed by atoms with Crippen molar-refractivity contribution in [3.8, 4) is 11.3 Å². The molecule has 5 heteroatoms. The highest BCUT2D eigenvalue weighted by Gasteiger charge is 2.23. The van der Waals surface area contributed by atoms with Crippen molar-refractivity contribution in [3.63, 3.8) is 0 Å². The van der Waals surface area contributed by atoms with Crippen LogP contribution < -0.4 is 10.4 Å². The number of fused-ring (bicyclic) bond motifs is 1. The number of benzene rings is 2. The maximum Gasteiger partial charge on any atom is 0.256 e. The first-order chi connectivity index (χ1) is 12.1. The molecule has 2 aromatic carbocycles. The molecule has 0 radical (unpaired) electrons. The molecule has 0 fully saturated rings. The van der Waals surface area contributed by atoms with E-state index in [2.05, 4.69) is 5.32 Å². The molecule has 5 nitrogen and oxygen atoms in total. The molecule has 0 saturated carbocycles. The van der Waals surface area contributed by atoms with Crippen LogP contribution in [-0.4, -0.2) is 11.9 Å². The molecule has 0 bridgehead atoms. The number of furan rings is 1. The van der Waals surface area contributed by atoms with Gasteiger partial charge in [-0.15, -0.1) is 0 Å². The second kappa shape index (κ2) is 5.79. The number of hydrogen-bond donors (Lipinski definition) is 1. The number of hydrogen-bond acceptors (Lipinski definition) is 4. The topological polar surface area (TPSA) is 82.4 Å². The molecule has 0 unspecified atom stereocenters. The molecular formula is C20H12NO4-. The smallest absolute Gasteiger partial charge is 0.256 e. The Bertz CT molecular complexity index is 1030. The lowest BCUT2D eigenvalue weighted by Gasteiger charge is -2.03. The first-order valence-corrected chi connectivity index (χ1v) is 7.66. The van der Waals surface area contributed by atoms with Crippen LogP contribution in [0.3, 0.4) is 0 Å². The van der Waals surface area contributed by atoms with Gasteiger partial charge in [0.2, 0.25) is 0 Å². The average molecular weight is 330 g/mol. The zero-order valence-electron chi connectivity index (χ0n) is 13.0. The summed E-state index contributed by atoms with van der Waals surface area (Å²) in [6.45, 7) is 0. The summed E-state index contributed by atoms with van der Waals surface area (Å²) in [4.78, 5) is 23.1. The summed E-state index contributed by atoms with van der Waals surface area (Å²) >= 11 is 0. The molecular weight excluding hydrogens is 318 g/mol. The van der Waals surface area contributed by atoms with E-state index >= 15 is 0 Å². The quantitative estimate of drug-likeness (QED) is 0.749. The van der Waals surface area contributed by atoms with Crippen molar-refractivity contribution in [2.45, 2.75) is 0 Å². The van der Waals surface area contributed by atoms with E-state index in [-0.39, 0.29) is 11.5 Å². The van der Waals surface area contributed by atoms with E-state index in [0.29, 0.717) is 22.7 Å². The van der Waals surface area contributed by atoms with Crippen LogP contribution in [0.15, 0.2) is 65.1 Å². The summed E-state index contributed by atoms with van der Waals surface area (Å²) in [6.07, 6.45) is 1.67. The summed E-state index contributed by atoms with van der Waals surface area (Å²) in [5, 5.41) is 13.8. The van der Waals surface area contributed by atoms with Crippen LogP contribution in [0.5, 0.6) is 0 Å². The largest absolute Gasteiger partial charge is 0.545 e. The highest BCUT2D eigenvalue weighted by molar-refractivity contribution is 6.34. The van der Waals surface area contributed by atoms with Gasteiger partial charge in [-0.3, -0.25) is 4.79 Å². The molecule has 0 atom stereocenters. The maximum atomic E-state index is 12.1. The molecule has 3 aromatic rings. The third-order valence-electron chi connectivity index (χ3n) is 4.01. The predicted octanol–water partition coefficient (Wildman–Crippen LogP) is 2.80. The van der Waals surface area contributed by atoms with Crippen molar-refractivity contribution in [2.24, 2.45) is 0 Å². The van der Waals surface area contributed by atoms with Gasteiger partial charge in [-0.2, -0.15) is 0 Å². The fourth-order valence-corrected chi connectivity index (χ4v) is 2.81. The fraction of sp³-hybridized carbons (Fsp3) is 0. The molecule has 1 N–H and O–H groups in total. The zero-order valence-corrected chi connectivity index (χ0v) is 13.0. The minimum absolute atomic E-state index is 0.0814. The van der Waals surface area contributed by atoms with Gasteiger partial charge in [-0.1, -0.05) is 36.4 Å². The van der Waals surface area contributed by atoms with Gasteiger partial charge in [0.25, 0.3) is 5.91 Å². The monoisotopic (exact) mass is 330 g/mol. The Morgan fingerprint density at radius 2 is 1.88 bits per heavy atom. The number of carbonyl (C=O) groups is 2. The number of amides is 1. The summed E-state index contributed by atoms with van der Waals surface area (Å²) in [5.41, 5.74) is 2.83. The zero-order chi connectivity index (χ0) is 17.4. The third-order valence-corrected chi connectivity index (χ3v) is 4.01. The van der Waals surface area contributed by atoms with Crippen LogP contribution >= 0.6 is 0 Å². The lowest BCUT2D eigenvalue weighted by atomic mass is 10.1. The molecule has 2 heterocycles. The Hall–Kier alpha value is -3.60. The van der Waals surface area contributed by atoms with Crippen LogP contribution in [0, 0.1) is 0 Å². The Kier molecular flexibility index (Phi) is 3.47. The molecule has 0 saturated heterocycles. The van der Waals surface area contributed by atoms with Crippen molar-refractivity contribution < 1.29 is 19.1 Å². The number of carbonyl (C=O) groups excluding carboxylic acids is 2. The van der Waals surface area contributed by atoms with Gasteiger partial charge >= 0.3 is 0 Å². The van der Waals surface area contributed by atoms with Gasteiger partial charge in [0, 0.05) is 16.8 Å². The van der Waals surface area contributed by atoms with E-state index in [0.717, 1.165) is 11.3 Å². The summed E-state index contributed by atoms with van der Waals surface area (Å²) in [7, 11) is 0. The van der Waals surface area contributed by atoms with E-state index in [4.69, 9.17) is 4.42 Å². The standard InChI is InChI=1S/C20H13NO4/c22-19-16(15-6-1-2-7-17(15)21-19)11-14-8-9-18(25-14)12-4-3-5-13(10-12)20(23)24/h1-11H,(H,21,22)(H,23,24)/p-1/b16-11+. The number of anilines is 1. The maximum absolute atomic E-state index is 12.1. The SMILES string of the molecule is O=C1Nc2ccccc2/C1=C\c1ccc(-c2cccc(C(=O)[O-])c2)o1. The first kappa shape index (κ1) is 15.0. The van der Waals surface area contributed by atoms with Crippen molar-refractivity contribution in [1.82, 2.24) is 0 Å². The van der Waals surface area contributed by atoms with Crippen LogP contribution in [-0.2, 0) is 4.79 Å². The van der Waals surface area contributed by atoms with Gasteiger partial charge in [0.05, 0.1) is 11.5 Å². The lowest BCUT2D eigenvalue weighted by molar-refractivity contribution is -0.255. The van der Waals surface area contributed by atoms with E-state index in [9.17, 15) is 14.7 Å². The predicted molar refractivity (Wildman–Crippen MR) is 91.4 cm³/mol. The molecule has 1 aliphatic heterocycles. The summed E-state index contributed by atoms with van der Waals surface area (Å²) < 4.78 is 5.76. The number of para-hydroxylation sites is 1. The molecule has 122 valence electrons. The number of carboxylic acids is 1. The average Bonchev–Trinajstić information content (AvgIpc) is 3.21. The van der Waals surface area contributed by atoms with Crippen LogP contribution in [0.1, 0.15) is 21.7 Å². The van der Waals surface area contributed by atoms with E-state index in [1.54, 1.807) is 30.3 Å². The summed E-state index contributed by atoms with van der Waals surface area (Å²) in [6, 6.07) is 17.2. The van der Waals surface area contributed by atoms with E-state index < -0.39 is 5.97 Å². The van der Waals surface area contributed by atoms with E-state index in [1.165, 1.54) is 12.1 Å². The van der Waals surface area contributed by atoms with Gasteiger partial charge in [0.1, 0.15) is 11.5 Å². The molecule has 0 aliphatic carbocycles. The van der Waals surface area contributed by atoms with Crippen molar-refractivity contribution in [1.29, 1.82) is 0 Å². The molecule has 1 aliphatic rings. The fourth-order valence-electron chi connectivity index (χ4n) is 2.81. The molecule has 1 amide bonds. The van der Waals surface area contributed by atoms with Gasteiger partial charge in [0.15, 0.2) is 0 Å². The van der Waals surface area contributed by atoms with Crippen molar-refractivity contribution in [3.05, 3.63) is 77.6 Å². The van der Waals surface area contributed by atoms with Gasteiger partial charge < -0.3 is 19.6 Å². The number of carboxylic acid groups (broad SMARTS) is 1. The minimum atomic E-state index is -1.24. The van der Waals surface area contributed by atoms with Gasteiger partial charge in [-0.25, -0.2) is 0 Å². The Balaban J connectivity index is 1.70. The van der Waals surface area contributed by atoms with Gasteiger partial charge in [-0.05, 0) is 35.9 Å². The third kappa shape index (κ3) is 2.72. The molecule has 25 heavy (non-hydrogen) atoms. The molecule has 0 spiro atoms. The van der Waals surface area contributed by atoms with Crippen molar-refractivity contribution >= 4 is 29.2 Å². The number of nitrogens with one attached hydrogen (secondary N) is 1. The Morgan fingerprint density at radius 3 is 2.72 bits per heavy atom. The van der Waals surface area contributed by atoms with E-state index in [1.807, 2.05) is 24.3 Å². The van der Waals surface area contributed by atoms with Crippen molar-refractivity contribution in [2.75, 3.05) is 5.32 Å². The molecule has 1 aromatic heterocycles. The van der Waals surface area contributed by atoms with Crippen LogP contribution in [0.2, 0.25) is 0 Å². The highest BCUT2D eigenvalue weighted by Crippen LogP contribution is 2.33. The Labute approximate surface area is 143 Å². The van der Waals surface area contributed by atoms with Crippen LogP contribution in [0.4, 0.5) is 5.69 Å². The van der Waals surface area contributed by atoms with Crippen LogP contribution in [0.25, 0.3) is 23.0 Å². The second-order valence-electron chi connectivity index (χ2n) is 5.63.